The zero-order chi connectivity index (χ0) is 11.1. The Kier molecular flexibility index (Phi) is 5.37. The Morgan fingerprint density at radius 1 is 1.53 bits per heavy atom. The first-order valence-corrected chi connectivity index (χ1v) is 6.06. The minimum Gasteiger partial charge on any atom is -0.288 e. The van der Waals surface area contributed by atoms with Crippen molar-refractivity contribution in [3.8, 4) is 11.8 Å². The molecule has 1 rings (SSSR count). The van der Waals surface area contributed by atoms with Gasteiger partial charge in [0.05, 0.1) is 12.4 Å². The van der Waals surface area contributed by atoms with E-state index in [1.165, 1.54) is 11.8 Å². The summed E-state index contributed by atoms with van der Waals surface area (Å²) in [6.07, 6.45) is 3.89. The van der Waals surface area contributed by atoms with Crippen molar-refractivity contribution >= 4 is 32.8 Å². The third-order valence-corrected chi connectivity index (χ3v) is 2.59. The van der Waals surface area contributed by atoms with Crippen LogP contribution in [0.1, 0.15) is 19.0 Å². The summed E-state index contributed by atoms with van der Waals surface area (Å²) in [5.41, 5.74) is 0.644. The third-order valence-electron chi connectivity index (χ3n) is 1.37. The Labute approximate surface area is 101 Å². The molecule has 0 atom stereocenters. The quantitative estimate of drug-likeness (QED) is 0.617. The van der Waals surface area contributed by atoms with Crippen molar-refractivity contribution < 1.29 is 4.79 Å². The highest BCUT2D eigenvalue weighted by Gasteiger charge is 1.92. The van der Waals surface area contributed by atoms with E-state index in [0.29, 0.717) is 16.7 Å². The highest BCUT2D eigenvalue weighted by molar-refractivity contribution is 9.10. The van der Waals surface area contributed by atoms with Gasteiger partial charge in [-0.1, -0.05) is 17.7 Å². The molecule has 0 aliphatic rings. The Hall–Kier alpha value is -0.860. The zero-order valence-corrected chi connectivity index (χ0v) is 10.6. The monoisotopic (exact) mass is 284 g/mol. The van der Waals surface area contributed by atoms with Gasteiger partial charge in [0.2, 0.25) is 0 Å². The van der Waals surface area contributed by atoms with E-state index < -0.39 is 0 Å². The minimum absolute atomic E-state index is 0.125. The smallest absolute Gasteiger partial charge is 0.185 e. The minimum atomic E-state index is 0.125. The molecule has 5 heteroatoms. The van der Waals surface area contributed by atoms with Crippen molar-refractivity contribution in [2.45, 2.75) is 13.3 Å². The van der Waals surface area contributed by atoms with Gasteiger partial charge in [0.25, 0.3) is 0 Å². The lowest BCUT2D eigenvalue weighted by atomic mass is 10.4. The van der Waals surface area contributed by atoms with Gasteiger partial charge in [0, 0.05) is 19.1 Å². The Balaban J connectivity index is 2.38. The van der Waals surface area contributed by atoms with E-state index in [-0.39, 0.29) is 5.12 Å². The van der Waals surface area contributed by atoms with Gasteiger partial charge in [-0.25, -0.2) is 9.97 Å². The van der Waals surface area contributed by atoms with Crippen LogP contribution < -0.4 is 0 Å². The van der Waals surface area contributed by atoms with Crippen LogP contribution in [-0.4, -0.2) is 20.8 Å². The fourth-order valence-corrected chi connectivity index (χ4v) is 1.47. The van der Waals surface area contributed by atoms with Crippen LogP contribution in [0.4, 0.5) is 0 Å². The standard InChI is InChI=1S/C10H9BrN2OS/c1-8(14)15-5-3-2-4-9-6-13-10(11)7-12-9/h6-7H,3,5H2,1H3. The summed E-state index contributed by atoms with van der Waals surface area (Å²) in [5, 5.41) is 0.125. The molecular formula is C10H9BrN2OS. The van der Waals surface area contributed by atoms with Gasteiger partial charge in [-0.05, 0) is 21.9 Å². The summed E-state index contributed by atoms with van der Waals surface area (Å²) >= 11 is 4.48. The van der Waals surface area contributed by atoms with E-state index in [9.17, 15) is 4.79 Å². The summed E-state index contributed by atoms with van der Waals surface area (Å²) in [7, 11) is 0. The molecule has 0 amide bonds. The lowest BCUT2D eigenvalue weighted by Crippen LogP contribution is -1.86. The molecule has 1 heterocycles. The topological polar surface area (TPSA) is 42.9 Å². The summed E-state index contributed by atoms with van der Waals surface area (Å²) in [5.74, 6) is 6.54. The van der Waals surface area contributed by atoms with Gasteiger partial charge in [0.15, 0.2) is 5.12 Å². The first kappa shape index (κ1) is 12.2. The zero-order valence-electron chi connectivity index (χ0n) is 8.16. The number of halogens is 1. The van der Waals surface area contributed by atoms with Crippen LogP contribution in [0.3, 0.4) is 0 Å². The van der Waals surface area contributed by atoms with Gasteiger partial charge in [0.1, 0.15) is 10.3 Å². The molecule has 0 N–H and O–H groups in total. The SMILES string of the molecule is CC(=O)SCCC#Cc1cnc(Br)cn1. The fraction of sp³-hybridized carbons (Fsp3) is 0.300. The lowest BCUT2D eigenvalue weighted by molar-refractivity contribution is -0.109. The Bertz CT molecular complexity index is 394. The van der Waals surface area contributed by atoms with Gasteiger partial charge >= 0.3 is 0 Å². The molecule has 1 aromatic heterocycles. The number of carbonyl (C=O) groups excluding carboxylic acids is 1. The second-order valence-corrected chi connectivity index (χ2v) is 4.70. The second-order valence-electron chi connectivity index (χ2n) is 2.62. The normalized spacial score (nSPS) is 9.20. The maximum atomic E-state index is 10.6. The van der Waals surface area contributed by atoms with Gasteiger partial charge < -0.3 is 0 Å². The number of aromatic nitrogens is 2. The van der Waals surface area contributed by atoms with Gasteiger partial charge in [-0.15, -0.1) is 0 Å². The molecule has 3 nitrogen and oxygen atoms in total. The predicted molar refractivity (Wildman–Crippen MR) is 64.4 cm³/mol. The molecule has 0 radical (unpaired) electrons. The molecule has 0 saturated carbocycles. The molecule has 0 bridgehead atoms. The van der Waals surface area contributed by atoms with Crippen LogP contribution in [0.5, 0.6) is 0 Å². The van der Waals surface area contributed by atoms with Crippen molar-refractivity contribution in [3.63, 3.8) is 0 Å². The second kappa shape index (κ2) is 6.59. The average molecular weight is 285 g/mol. The van der Waals surface area contributed by atoms with Crippen molar-refractivity contribution in [1.29, 1.82) is 0 Å². The number of thioether (sulfide) groups is 1. The number of nitrogens with zero attached hydrogens (tertiary/aromatic N) is 2. The maximum Gasteiger partial charge on any atom is 0.185 e. The van der Waals surface area contributed by atoms with E-state index in [2.05, 4.69) is 37.7 Å². The Morgan fingerprint density at radius 2 is 2.33 bits per heavy atom. The molecule has 0 aromatic carbocycles. The van der Waals surface area contributed by atoms with Crippen LogP contribution >= 0.6 is 27.7 Å². The first-order valence-electron chi connectivity index (χ1n) is 4.28. The van der Waals surface area contributed by atoms with E-state index in [4.69, 9.17) is 0 Å². The van der Waals surface area contributed by atoms with E-state index in [0.717, 1.165) is 5.75 Å². The van der Waals surface area contributed by atoms with Crippen molar-refractivity contribution in [1.82, 2.24) is 9.97 Å². The summed E-state index contributed by atoms with van der Waals surface area (Å²) < 4.78 is 0.695. The first-order chi connectivity index (χ1) is 7.18. The molecule has 0 saturated heterocycles. The largest absolute Gasteiger partial charge is 0.288 e. The highest BCUT2D eigenvalue weighted by Crippen LogP contribution is 2.03. The van der Waals surface area contributed by atoms with Crippen molar-refractivity contribution in [2.75, 3.05) is 5.75 Å². The predicted octanol–water partition coefficient (Wildman–Crippen LogP) is 2.26. The molecule has 0 unspecified atom stereocenters. The fourth-order valence-electron chi connectivity index (χ4n) is 0.776. The molecular weight excluding hydrogens is 276 g/mol. The molecule has 15 heavy (non-hydrogen) atoms. The van der Waals surface area contributed by atoms with Crippen LogP contribution in [0, 0.1) is 11.8 Å². The number of carbonyl (C=O) groups is 1. The van der Waals surface area contributed by atoms with E-state index in [1.807, 2.05) is 0 Å². The van der Waals surface area contributed by atoms with Crippen LogP contribution in [-0.2, 0) is 4.79 Å². The molecule has 1 aromatic rings. The van der Waals surface area contributed by atoms with Crippen molar-refractivity contribution in [2.24, 2.45) is 0 Å². The number of hydrogen-bond donors (Lipinski definition) is 0. The maximum absolute atomic E-state index is 10.6. The molecule has 0 aliphatic carbocycles. The summed E-state index contributed by atoms with van der Waals surface area (Å²) in [6.45, 7) is 1.55. The molecule has 78 valence electrons. The van der Waals surface area contributed by atoms with Crippen molar-refractivity contribution in [3.05, 3.63) is 22.7 Å². The molecule has 0 fully saturated rings. The van der Waals surface area contributed by atoms with Crippen LogP contribution in [0.15, 0.2) is 17.0 Å². The number of hydrogen-bond acceptors (Lipinski definition) is 4. The van der Waals surface area contributed by atoms with Gasteiger partial charge in [-0.2, -0.15) is 0 Å². The van der Waals surface area contributed by atoms with Gasteiger partial charge in [-0.3, -0.25) is 4.79 Å². The van der Waals surface area contributed by atoms with E-state index in [1.54, 1.807) is 19.3 Å². The Morgan fingerprint density at radius 3 is 2.93 bits per heavy atom. The van der Waals surface area contributed by atoms with Crippen LogP contribution in [0.25, 0.3) is 0 Å². The molecule has 0 aliphatic heterocycles. The lowest BCUT2D eigenvalue weighted by Gasteiger charge is -1.90. The molecule has 0 spiro atoms. The van der Waals surface area contributed by atoms with E-state index >= 15 is 0 Å². The third kappa shape index (κ3) is 5.55. The number of rotatable bonds is 2. The highest BCUT2D eigenvalue weighted by atomic mass is 79.9. The van der Waals surface area contributed by atoms with Crippen LogP contribution in [0.2, 0.25) is 0 Å². The summed E-state index contributed by atoms with van der Waals surface area (Å²) in [4.78, 5) is 18.7. The summed E-state index contributed by atoms with van der Waals surface area (Å²) in [6, 6.07) is 0. The average Bonchev–Trinajstić information content (AvgIpc) is 2.20.